The van der Waals surface area contributed by atoms with Gasteiger partial charge in [0.1, 0.15) is 0 Å². The number of thioether (sulfide) groups is 1. The van der Waals surface area contributed by atoms with Crippen molar-refractivity contribution in [2.75, 3.05) is 11.1 Å². The number of carbonyl (C=O) groups excluding carboxylic acids is 1. The molecule has 1 amide bonds. The zero-order chi connectivity index (χ0) is 14.1. The minimum atomic E-state index is -0.0427. The number of nitrogens with one attached hydrogen (secondary N) is 2. The number of nitriles is 1. The summed E-state index contributed by atoms with van der Waals surface area (Å²) >= 11 is 1.57. The number of rotatable bonds is 1. The number of H-pyrrole nitrogens is 1. The lowest BCUT2D eigenvalue weighted by atomic mass is 10.0. The highest BCUT2D eigenvalue weighted by molar-refractivity contribution is 8.00. The summed E-state index contributed by atoms with van der Waals surface area (Å²) in [6, 6.07) is 9.57. The molecule has 2 heterocycles. The number of hydrogen-bond donors (Lipinski definition) is 2. The summed E-state index contributed by atoms with van der Waals surface area (Å²) in [6.45, 7) is 1.94. The Balaban J connectivity index is 2.06. The molecule has 0 aliphatic carbocycles. The molecular weight excluding hydrogens is 272 g/mol. The van der Waals surface area contributed by atoms with E-state index < -0.39 is 0 Å². The summed E-state index contributed by atoms with van der Waals surface area (Å²) in [7, 11) is 0. The standard InChI is InChI=1S/C14H12N4OS/c1-8-12-13(10-4-2-9(6-15)3-5-10)20-7-11(19)16-14(12)18-17-8/h2-5,13H,7H2,1H3,(H2,16,17,18,19). The Kier molecular flexibility index (Phi) is 3.20. The average Bonchev–Trinajstić information content (AvgIpc) is 2.72. The molecule has 3 rings (SSSR count). The van der Waals surface area contributed by atoms with Gasteiger partial charge in [-0.1, -0.05) is 12.1 Å². The van der Waals surface area contributed by atoms with E-state index in [-0.39, 0.29) is 11.2 Å². The van der Waals surface area contributed by atoms with Crippen LogP contribution in [0, 0.1) is 18.3 Å². The van der Waals surface area contributed by atoms with Crippen LogP contribution in [-0.2, 0) is 4.79 Å². The first kappa shape index (κ1) is 12.8. The highest BCUT2D eigenvalue weighted by atomic mass is 32.2. The number of fused-ring (bicyclic) bond motifs is 1. The van der Waals surface area contributed by atoms with Crippen molar-refractivity contribution in [2.24, 2.45) is 0 Å². The molecule has 2 N–H and O–H groups in total. The van der Waals surface area contributed by atoms with Gasteiger partial charge in [-0.2, -0.15) is 10.4 Å². The molecule has 100 valence electrons. The number of aromatic amines is 1. The van der Waals surface area contributed by atoms with Crippen molar-refractivity contribution in [3.63, 3.8) is 0 Å². The third kappa shape index (κ3) is 2.17. The molecule has 2 aromatic rings. The monoisotopic (exact) mass is 284 g/mol. The van der Waals surface area contributed by atoms with Gasteiger partial charge in [-0.25, -0.2) is 0 Å². The fourth-order valence-corrected chi connectivity index (χ4v) is 3.45. The van der Waals surface area contributed by atoms with Crippen LogP contribution in [0.4, 0.5) is 5.82 Å². The predicted octanol–water partition coefficient (Wildman–Crippen LogP) is 2.36. The van der Waals surface area contributed by atoms with Gasteiger partial charge in [0, 0.05) is 11.3 Å². The van der Waals surface area contributed by atoms with Gasteiger partial charge >= 0.3 is 0 Å². The summed E-state index contributed by atoms with van der Waals surface area (Å²) in [5.41, 5.74) is 3.65. The summed E-state index contributed by atoms with van der Waals surface area (Å²) < 4.78 is 0. The molecule has 6 heteroatoms. The van der Waals surface area contributed by atoms with Gasteiger partial charge in [-0.15, -0.1) is 11.8 Å². The Labute approximate surface area is 120 Å². The van der Waals surface area contributed by atoms with E-state index in [1.807, 2.05) is 19.1 Å². The van der Waals surface area contributed by atoms with E-state index in [1.54, 1.807) is 23.9 Å². The highest BCUT2D eigenvalue weighted by Crippen LogP contribution is 2.42. The van der Waals surface area contributed by atoms with Gasteiger partial charge in [-0.05, 0) is 24.6 Å². The van der Waals surface area contributed by atoms with Crippen LogP contribution < -0.4 is 5.32 Å². The normalized spacial score (nSPS) is 17.8. The molecule has 1 aromatic heterocycles. The van der Waals surface area contributed by atoms with Crippen LogP contribution in [0.3, 0.4) is 0 Å². The number of anilines is 1. The molecule has 1 atom stereocenters. The maximum atomic E-state index is 11.7. The maximum Gasteiger partial charge on any atom is 0.235 e. The van der Waals surface area contributed by atoms with E-state index >= 15 is 0 Å². The van der Waals surface area contributed by atoms with Gasteiger partial charge in [0.15, 0.2) is 5.82 Å². The van der Waals surface area contributed by atoms with Gasteiger partial charge in [0.2, 0.25) is 5.91 Å². The largest absolute Gasteiger partial charge is 0.308 e. The highest BCUT2D eigenvalue weighted by Gasteiger charge is 2.27. The van der Waals surface area contributed by atoms with Crippen LogP contribution >= 0.6 is 11.8 Å². The van der Waals surface area contributed by atoms with Crippen LogP contribution in [0.5, 0.6) is 0 Å². The van der Waals surface area contributed by atoms with Gasteiger partial charge < -0.3 is 5.32 Å². The molecule has 0 fully saturated rings. The second-order valence-electron chi connectivity index (χ2n) is 4.58. The summed E-state index contributed by atoms with van der Waals surface area (Å²) in [5.74, 6) is 0.950. The Morgan fingerprint density at radius 1 is 1.40 bits per heavy atom. The lowest BCUT2D eigenvalue weighted by Gasteiger charge is -2.15. The minimum Gasteiger partial charge on any atom is -0.308 e. The van der Waals surface area contributed by atoms with Gasteiger partial charge in [0.25, 0.3) is 0 Å². The number of nitrogens with zero attached hydrogens (tertiary/aromatic N) is 2. The van der Waals surface area contributed by atoms with Crippen LogP contribution in [0.2, 0.25) is 0 Å². The van der Waals surface area contributed by atoms with Gasteiger partial charge in [0.05, 0.1) is 22.6 Å². The molecule has 1 unspecified atom stereocenters. The number of benzene rings is 1. The molecule has 0 bridgehead atoms. The summed E-state index contributed by atoms with van der Waals surface area (Å²) in [5, 5.41) is 18.8. The number of carbonyl (C=O) groups is 1. The number of aromatic nitrogens is 2. The topological polar surface area (TPSA) is 81.6 Å². The molecule has 0 radical (unpaired) electrons. The van der Waals surface area contributed by atoms with Crippen molar-refractivity contribution in [3.05, 3.63) is 46.6 Å². The Morgan fingerprint density at radius 3 is 2.85 bits per heavy atom. The SMILES string of the molecule is Cc1[nH]nc2c1C(c1ccc(C#N)cc1)SCC(=O)N2. The molecule has 5 nitrogen and oxygen atoms in total. The van der Waals surface area contributed by atoms with Crippen LogP contribution in [0.25, 0.3) is 0 Å². The Morgan fingerprint density at radius 2 is 2.15 bits per heavy atom. The lowest BCUT2D eigenvalue weighted by Crippen LogP contribution is -2.12. The molecule has 0 spiro atoms. The van der Waals surface area contributed by atoms with Crippen molar-refractivity contribution in [3.8, 4) is 6.07 Å². The lowest BCUT2D eigenvalue weighted by molar-refractivity contribution is -0.113. The van der Waals surface area contributed by atoms with E-state index in [0.29, 0.717) is 17.1 Å². The first-order chi connectivity index (χ1) is 9.69. The molecule has 1 aromatic carbocycles. The van der Waals surface area contributed by atoms with Crippen molar-refractivity contribution < 1.29 is 4.79 Å². The minimum absolute atomic E-state index is 0.0374. The summed E-state index contributed by atoms with van der Waals surface area (Å²) in [4.78, 5) is 11.7. The average molecular weight is 284 g/mol. The number of amides is 1. The van der Waals surface area contributed by atoms with E-state index in [4.69, 9.17) is 5.26 Å². The molecule has 1 aliphatic heterocycles. The molecule has 0 saturated heterocycles. The fraction of sp³-hybridized carbons (Fsp3) is 0.214. The number of hydrogen-bond acceptors (Lipinski definition) is 4. The van der Waals surface area contributed by atoms with E-state index in [0.717, 1.165) is 16.8 Å². The predicted molar refractivity (Wildman–Crippen MR) is 77.4 cm³/mol. The van der Waals surface area contributed by atoms with Crippen LogP contribution in [0.1, 0.15) is 27.6 Å². The van der Waals surface area contributed by atoms with E-state index in [1.165, 1.54) is 0 Å². The van der Waals surface area contributed by atoms with Crippen molar-refractivity contribution in [1.82, 2.24) is 10.2 Å². The maximum absolute atomic E-state index is 11.7. The fourth-order valence-electron chi connectivity index (χ4n) is 2.26. The molecule has 1 aliphatic rings. The van der Waals surface area contributed by atoms with Crippen molar-refractivity contribution in [2.45, 2.75) is 12.2 Å². The third-order valence-electron chi connectivity index (χ3n) is 3.24. The number of aryl methyl sites for hydroxylation is 1. The quantitative estimate of drug-likeness (QED) is 0.842. The van der Waals surface area contributed by atoms with Crippen molar-refractivity contribution >= 4 is 23.5 Å². The second-order valence-corrected chi connectivity index (χ2v) is 5.68. The zero-order valence-electron chi connectivity index (χ0n) is 10.8. The molecular formula is C14H12N4OS. The van der Waals surface area contributed by atoms with Crippen molar-refractivity contribution in [1.29, 1.82) is 5.26 Å². The molecule has 0 saturated carbocycles. The zero-order valence-corrected chi connectivity index (χ0v) is 11.6. The third-order valence-corrected chi connectivity index (χ3v) is 4.51. The Bertz CT molecular complexity index is 699. The van der Waals surface area contributed by atoms with E-state index in [9.17, 15) is 4.79 Å². The Hall–Kier alpha value is -2.26. The first-order valence-corrected chi connectivity index (χ1v) is 7.20. The second kappa shape index (κ2) is 5.02. The first-order valence-electron chi connectivity index (χ1n) is 6.15. The summed E-state index contributed by atoms with van der Waals surface area (Å²) in [6.07, 6.45) is 0. The van der Waals surface area contributed by atoms with Crippen LogP contribution in [-0.4, -0.2) is 21.9 Å². The molecule has 20 heavy (non-hydrogen) atoms. The van der Waals surface area contributed by atoms with Gasteiger partial charge in [-0.3, -0.25) is 9.89 Å². The van der Waals surface area contributed by atoms with Crippen LogP contribution in [0.15, 0.2) is 24.3 Å². The van der Waals surface area contributed by atoms with E-state index in [2.05, 4.69) is 21.6 Å². The smallest absolute Gasteiger partial charge is 0.235 e.